The monoisotopic (exact) mass is 281 g/mol. The fraction of sp³-hybridized carbons (Fsp3) is 0.294. The molecule has 2 heterocycles. The molecule has 1 aliphatic heterocycles. The minimum atomic E-state index is -0.169. The van der Waals surface area contributed by atoms with Crippen LogP contribution in [0.15, 0.2) is 42.5 Å². The summed E-state index contributed by atoms with van der Waals surface area (Å²) in [6.45, 7) is 2.50. The Balaban J connectivity index is 1.66. The Hall–Kier alpha value is -2.36. The van der Waals surface area contributed by atoms with Crippen LogP contribution in [0.1, 0.15) is 17.0 Å². The Labute approximate surface area is 124 Å². The Kier molecular flexibility index (Phi) is 3.60. The molecular weight excluding hydrogens is 262 g/mol. The minimum Gasteiger partial charge on any atom is -0.373 e. The Morgan fingerprint density at radius 2 is 2.10 bits per heavy atom. The number of nitrogens with zero attached hydrogens (tertiary/aromatic N) is 2. The second-order valence-electron chi connectivity index (χ2n) is 5.52. The third-order valence-corrected chi connectivity index (χ3v) is 3.79. The largest absolute Gasteiger partial charge is 0.373 e. The van der Waals surface area contributed by atoms with Crippen LogP contribution in [-0.2, 0) is 17.8 Å². The molecule has 1 aromatic carbocycles. The number of carbonyl (C=O) groups is 1. The van der Waals surface area contributed by atoms with Crippen molar-refractivity contribution < 1.29 is 4.79 Å². The molecule has 0 aliphatic carbocycles. The van der Waals surface area contributed by atoms with Gasteiger partial charge in [-0.15, -0.1) is 0 Å². The molecule has 0 radical (unpaired) electrons. The lowest BCUT2D eigenvalue weighted by atomic mass is 10.1. The van der Waals surface area contributed by atoms with Gasteiger partial charge in [0.25, 0.3) is 0 Å². The van der Waals surface area contributed by atoms with Crippen LogP contribution in [0.25, 0.3) is 0 Å². The van der Waals surface area contributed by atoms with Gasteiger partial charge >= 0.3 is 0 Å². The summed E-state index contributed by atoms with van der Waals surface area (Å²) in [5.74, 6) is 0.106. The normalized spacial score (nSPS) is 16.2. The molecule has 1 N–H and O–H groups in total. The van der Waals surface area contributed by atoms with Crippen molar-refractivity contribution in [1.29, 1.82) is 0 Å². The highest BCUT2D eigenvalue weighted by molar-refractivity contribution is 5.87. The van der Waals surface area contributed by atoms with E-state index >= 15 is 0 Å². The molecular formula is C17H19N3O. The van der Waals surface area contributed by atoms with E-state index in [4.69, 9.17) is 0 Å². The number of fused-ring (bicyclic) bond motifs is 1. The number of pyridine rings is 1. The highest BCUT2D eigenvalue weighted by Gasteiger charge is 2.28. The summed E-state index contributed by atoms with van der Waals surface area (Å²) >= 11 is 0. The number of aryl methyl sites for hydroxylation is 1. The molecule has 3 rings (SSSR count). The van der Waals surface area contributed by atoms with Gasteiger partial charge in [-0.2, -0.15) is 0 Å². The van der Waals surface area contributed by atoms with Crippen molar-refractivity contribution in [2.24, 2.45) is 0 Å². The molecule has 0 saturated carbocycles. The first kappa shape index (κ1) is 13.6. The first-order chi connectivity index (χ1) is 10.1. The van der Waals surface area contributed by atoms with E-state index in [1.807, 2.05) is 50.4 Å². The summed E-state index contributed by atoms with van der Waals surface area (Å²) < 4.78 is 0. The van der Waals surface area contributed by atoms with Gasteiger partial charge in [0.1, 0.15) is 6.04 Å². The zero-order valence-electron chi connectivity index (χ0n) is 12.3. The van der Waals surface area contributed by atoms with Crippen molar-refractivity contribution in [2.45, 2.75) is 25.9 Å². The van der Waals surface area contributed by atoms with E-state index in [0.717, 1.165) is 23.5 Å². The predicted octanol–water partition coefficient (Wildman–Crippen LogP) is 2.39. The summed E-state index contributed by atoms with van der Waals surface area (Å²) in [5.41, 5.74) is 4.16. The van der Waals surface area contributed by atoms with E-state index in [2.05, 4.69) is 16.4 Å². The Bertz CT molecular complexity index is 644. The zero-order chi connectivity index (χ0) is 14.8. The molecule has 1 aromatic heterocycles. The van der Waals surface area contributed by atoms with Gasteiger partial charge in [0.15, 0.2) is 0 Å². The lowest BCUT2D eigenvalue weighted by Gasteiger charge is -2.21. The first-order valence-corrected chi connectivity index (χ1v) is 7.15. The number of rotatable bonds is 3. The minimum absolute atomic E-state index is 0.106. The fourth-order valence-corrected chi connectivity index (χ4v) is 2.72. The van der Waals surface area contributed by atoms with Crippen LogP contribution < -0.4 is 5.32 Å². The standard InChI is InChI=1S/C17H19N3O/c1-12-6-5-8-14(18-12)11-20(2)17(21)16-10-13-7-3-4-9-15(13)19-16/h3-9,16,19H,10-11H2,1-2H3. The van der Waals surface area contributed by atoms with Crippen molar-refractivity contribution in [3.8, 4) is 0 Å². The molecule has 0 spiro atoms. The van der Waals surface area contributed by atoms with Gasteiger partial charge in [-0.1, -0.05) is 24.3 Å². The van der Waals surface area contributed by atoms with E-state index in [0.29, 0.717) is 6.54 Å². The maximum absolute atomic E-state index is 12.5. The van der Waals surface area contributed by atoms with Crippen LogP contribution in [0.2, 0.25) is 0 Å². The molecule has 108 valence electrons. The topological polar surface area (TPSA) is 45.2 Å². The first-order valence-electron chi connectivity index (χ1n) is 7.15. The van der Waals surface area contributed by atoms with Gasteiger partial charge in [-0.3, -0.25) is 9.78 Å². The quantitative estimate of drug-likeness (QED) is 0.939. The summed E-state index contributed by atoms with van der Waals surface area (Å²) in [5, 5.41) is 3.30. The molecule has 21 heavy (non-hydrogen) atoms. The maximum atomic E-state index is 12.5. The van der Waals surface area contributed by atoms with Crippen molar-refractivity contribution in [3.05, 3.63) is 59.4 Å². The fourth-order valence-electron chi connectivity index (χ4n) is 2.72. The second kappa shape index (κ2) is 5.56. The third-order valence-electron chi connectivity index (χ3n) is 3.79. The molecule has 2 aromatic rings. The van der Waals surface area contributed by atoms with Crippen molar-refractivity contribution >= 4 is 11.6 Å². The predicted molar refractivity (Wildman–Crippen MR) is 83.0 cm³/mol. The van der Waals surface area contributed by atoms with Gasteiger partial charge in [-0.05, 0) is 30.7 Å². The smallest absolute Gasteiger partial charge is 0.245 e. The van der Waals surface area contributed by atoms with Gasteiger partial charge in [0.2, 0.25) is 5.91 Å². The average molecular weight is 281 g/mol. The summed E-state index contributed by atoms with van der Waals surface area (Å²) in [4.78, 5) is 18.7. The SMILES string of the molecule is Cc1cccc(CN(C)C(=O)C2Cc3ccccc3N2)n1. The second-order valence-corrected chi connectivity index (χ2v) is 5.52. The lowest BCUT2D eigenvalue weighted by molar-refractivity contribution is -0.131. The number of nitrogens with one attached hydrogen (secondary N) is 1. The van der Waals surface area contributed by atoms with Crippen molar-refractivity contribution in [2.75, 3.05) is 12.4 Å². The highest BCUT2D eigenvalue weighted by Crippen LogP contribution is 2.26. The maximum Gasteiger partial charge on any atom is 0.245 e. The molecule has 1 atom stereocenters. The molecule has 0 bridgehead atoms. The zero-order valence-corrected chi connectivity index (χ0v) is 12.3. The van der Waals surface area contributed by atoms with Crippen LogP contribution in [0.5, 0.6) is 0 Å². The molecule has 1 unspecified atom stereocenters. The van der Waals surface area contributed by atoms with Gasteiger partial charge in [0.05, 0.1) is 12.2 Å². The van der Waals surface area contributed by atoms with E-state index in [9.17, 15) is 4.79 Å². The van der Waals surface area contributed by atoms with Crippen molar-refractivity contribution in [1.82, 2.24) is 9.88 Å². The summed E-state index contributed by atoms with van der Waals surface area (Å²) in [6.07, 6.45) is 0.751. The number of hydrogen-bond donors (Lipinski definition) is 1. The van der Waals surface area contributed by atoms with Crippen molar-refractivity contribution in [3.63, 3.8) is 0 Å². The van der Waals surface area contributed by atoms with Crippen LogP contribution >= 0.6 is 0 Å². The molecule has 1 amide bonds. The number of anilines is 1. The van der Waals surface area contributed by atoms with Crippen LogP contribution in [0, 0.1) is 6.92 Å². The molecule has 0 fully saturated rings. The van der Waals surface area contributed by atoms with Crippen LogP contribution in [0.4, 0.5) is 5.69 Å². The number of amides is 1. The average Bonchev–Trinajstić information content (AvgIpc) is 2.90. The van der Waals surface area contributed by atoms with Crippen LogP contribution in [0.3, 0.4) is 0 Å². The Morgan fingerprint density at radius 1 is 1.29 bits per heavy atom. The van der Waals surface area contributed by atoms with Gasteiger partial charge in [-0.25, -0.2) is 0 Å². The molecule has 1 aliphatic rings. The Morgan fingerprint density at radius 3 is 2.86 bits per heavy atom. The number of likely N-dealkylation sites (N-methyl/N-ethyl adjacent to an activating group) is 1. The van der Waals surface area contributed by atoms with E-state index in [-0.39, 0.29) is 11.9 Å². The summed E-state index contributed by atoms with van der Waals surface area (Å²) in [6, 6.07) is 13.8. The highest BCUT2D eigenvalue weighted by atomic mass is 16.2. The summed E-state index contributed by atoms with van der Waals surface area (Å²) in [7, 11) is 1.83. The van der Waals surface area contributed by atoms with Gasteiger partial charge < -0.3 is 10.2 Å². The lowest BCUT2D eigenvalue weighted by Crippen LogP contribution is -2.39. The number of benzene rings is 1. The van der Waals surface area contributed by atoms with E-state index < -0.39 is 0 Å². The van der Waals surface area contributed by atoms with E-state index in [1.165, 1.54) is 5.56 Å². The number of aromatic nitrogens is 1. The molecule has 4 heteroatoms. The third kappa shape index (κ3) is 2.89. The van der Waals surface area contributed by atoms with Gasteiger partial charge in [0, 0.05) is 24.8 Å². The number of para-hydroxylation sites is 1. The number of hydrogen-bond acceptors (Lipinski definition) is 3. The molecule has 0 saturated heterocycles. The molecule has 4 nitrogen and oxygen atoms in total. The number of carbonyl (C=O) groups excluding carboxylic acids is 1. The van der Waals surface area contributed by atoms with E-state index in [1.54, 1.807) is 4.90 Å². The van der Waals surface area contributed by atoms with Crippen LogP contribution in [-0.4, -0.2) is 28.9 Å².